The third kappa shape index (κ3) is 3.80. The second-order valence-electron chi connectivity index (χ2n) is 4.24. The van der Waals surface area contributed by atoms with Gasteiger partial charge < -0.3 is 5.73 Å². The first-order chi connectivity index (χ1) is 10.0. The van der Waals surface area contributed by atoms with Crippen LogP contribution in [0.4, 0.5) is 11.4 Å². The van der Waals surface area contributed by atoms with Crippen LogP contribution in [0.2, 0.25) is 0 Å². The van der Waals surface area contributed by atoms with E-state index in [-0.39, 0.29) is 10.6 Å². The molecule has 0 atom stereocenters. The fourth-order valence-corrected chi connectivity index (χ4v) is 3.78. The number of hydrogen-bond acceptors (Lipinski definition) is 4. The molecule has 4 nitrogen and oxygen atoms in total. The highest BCUT2D eigenvalue weighted by Gasteiger charge is 2.18. The van der Waals surface area contributed by atoms with E-state index in [1.54, 1.807) is 36.4 Å². The Hall–Kier alpha value is -1.92. The average Bonchev–Trinajstić information content (AvgIpc) is 2.46. The van der Waals surface area contributed by atoms with Gasteiger partial charge in [0.2, 0.25) is 0 Å². The lowest BCUT2D eigenvalue weighted by molar-refractivity contribution is 0.601. The summed E-state index contributed by atoms with van der Waals surface area (Å²) >= 11 is 1.51. The van der Waals surface area contributed by atoms with Gasteiger partial charge in [0, 0.05) is 10.6 Å². The number of rotatable bonds is 6. The van der Waals surface area contributed by atoms with E-state index in [1.165, 1.54) is 17.8 Å². The lowest BCUT2D eigenvalue weighted by Gasteiger charge is -2.13. The smallest absolute Gasteiger partial charge is 0.263 e. The summed E-state index contributed by atoms with van der Waals surface area (Å²) in [5.74, 6) is 0.701. The van der Waals surface area contributed by atoms with Gasteiger partial charge in [0.25, 0.3) is 10.0 Å². The predicted octanol–water partition coefficient (Wildman–Crippen LogP) is 3.35. The maximum atomic E-state index is 12.4. The second-order valence-corrected chi connectivity index (χ2v) is 6.95. The minimum atomic E-state index is -3.71. The van der Waals surface area contributed by atoms with Crippen molar-refractivity contribution in [1.29, 1.82) is 0 Å². The van der Waals surface area contributed by atoms with E-state index in [9.17, 15) is 8.42 Å². The summed E-state index contributed by atoms with van der Waals surface area (Å²) < 4.78 is 27.4. The van der Waals surface area contributed by atoms with Crippen LogP contribution in [0.1, 0.15) is 0 Å². The first kappa shape index (κ1) is 15.5. The molecule has 0 unspecified atom stereocenters. The number of thioether (sulfide) groups is 1. The molecule has 2 aromatic rings. The molecule has 0 heterocycles. The number of anilines is 2. The van der Waals surface area contributed by atoms with Crippen LogP contribution in [0.25, 0.3) is 0 Å². The monoisotopic (exact) mass is 320 g/mol. The van der Waals surface area contributed by atoms with Crippen molar-refractivity contribution in [2.45, 2.75) is 9.79 Å². The fourth-order valence-electron chi connectivity index (χ4n) is 1.75. The van der Waals surface area contributed by atoms with Crippen LogP contribution in [-0.4, -0.2) is 14.2 Å². The Morgan fingerprint density at radius 1 is 1.14 bits per heavy atom. The highest BCUT2D eigenvalue weighted by Crippen LogP contribution is 2.29. The Bertz CT molecular complexity index is 743. The Morgan fingerprint density at radius 2 is 1.81 bits per heavy atom. The quantitative estimate of drug-likeness (QED) is 0.486. The summed E-state index contributed by atoms with van der Waals surface area (Å²) in [5.41, 5.74) is 6.50. The van der Waals surface area contributed by atoms with Gasteiger partial charge in [-0.25, -0.2) is 8.42 Å². The van der Waals surface area contributed by atoms with E-state index in [0.717, 1.165) is 4.90 Å². The van der Waals surface area contributed by atoms with Crippen LogP contribution in [0, 0.1) is 0 Å². The maximum absolute atomic E-state index is 12.4. The number of nitrogens with two attached hydrogens (primary N) is 1. The average molecular weight is 320 g/mol. The molecule has 3 N–H and O–H groups in total. The number of nitrogen functional groups attached to an aromatic ring is 1. The van der Waals surface area contributed by atoms with E-state index in [4.69, 9.17) is 5.73 Å². The molecule has 0 aliphatic rings. The summed E-state index contributed by atoms with van der Waals surface area (Å²) in [6.07, 6.45) is 1.77. The van der Waals surface area contributed by atoms with Crippen LogP contribution in [-0.2, 0) is 10.0 Å². The van der Waals surface area contributed by atoms with Crippen molar-refractivity contribution in [1.82, 2.24) is 0 Å². The van der Waals surface area contributed by atoms with E-state index < -0.39 is 10.0 Å². The normalized spacial score (nSPS) is 11.0. The highest BCUT2D eigenvalue weighted by atomic mass is 32.2. The molecule has 0 saturated heterocycles. The molecule has 2 rings (SSSR count). The van der Waals surface area contributed by atoms with Gasteiger partial charge in [0.05, 0.1) is 11.4 Å². The Labute approximate surface area is 129 Å². The first-order valence-electron chi connectivity index (χ1n) is 6.24. The van der Waals surface area contributed by atoms with Gasteiger partial charge in [-0.15, -0.1) is 18.3 Å². The molecule has 0 saturated carbocycles. The summed E-state index contributed by atoms with van der Waals surface area (Å²) in [6.45, 7) is 3.66. The van der Waals surface area contributed by atoms with Crippen LogP contribution in [0.3, 0.4) is 0 Å². The number of para-hydroxylation sites is 2. The Morgan fingerprint density at radius 3 is 2.52 bits per heavy atom. The summed E-state index contributed by atoms with van der Waals surface area (Å²) in [4.78, 5) is 0.920. The standard InChI is InChI=1S/C15H16N2O2S2/c1-2-11-20-14-9-5-4-8-13(14)17-21(18,19)15-10-6-3-7-12(15)16/h2-10,17H,1,11,16H2. The van der Waals surface area contributed by atoms with Crippen LogP contribution in [0.15, 0.2) is 71.0 Å². The molecule has 110 valence electrons. The van der Waals surface area contributed by atoms with E-state index in [1.807, 2.05) is 12.1 Å². The number of nitrogens with one attached hydrogen (secondary N) is 1. The second kappa shape index (κ2) is 6.69. The molecule has 0 bridgehead atoms. The van der Waals surface area contributed by atoms with Crippen molar-refractivity contribution < 1.29 is 8.42 Å². The van der Waals surface area contributed by atoms with Gasteiger partial charge >= 0.3 is 0 Å². The lowest BCUT2D eigenvalue weighted by atomic mass is 10.3. The summed E-state index contributed by atoms with van der Waals surface area (Å²) in [7, 11) is -3.71. The van der Waals surface area contributed by atoms with Crippen molar-refractivity contribution in [2.75, 3.05) is 16.2 Å². The molecule has 21 heavy (non-hydrogen) atoms. The molecule has 6 heteroatoms. The van der Waals surface area contributed by atoms with Gasteiger partial charge in [0.15, 0.2) is 0 Å². The SMILES string of the molecule is C=CCSc1ccccc1NS(=O)(=O)c1ccccc1N. The topological polar surface area (TPSA) is 72.2 Å². The minimum Gasteiger partial charge on any atom is -0.398 e. The number of hydrogen-bond donors (Lipinski definition) is 2. The Kier molecular flexibility index (Phi) is 4.93. The highest BCUT2D eigenvalue weighted by molar-refractivity contribution is 7.99. The lowest BCUT2D eigenvalue weighted by Crippen LogP contribution is -2.15. The first-order valence-corrected chi connectivity index (χ1v) is 8.71. The van der Waals surface area contributed by atoms with Crippen LogP contribution in [0.5, 0.6) is 0 Å². The molecular formula is C15H16N2O2S2. The minimum absolute atomic E-state index is 0.0773. The molecule has 0 aliphatic heterocycles. The predicted molar refractivity (Wildman–Crippen MR) is 89.0 cm³/mol. The molecule has 2 aromatic carbocycles. The van der Waals surface area contributed by atoms with E-state index in [2.05, 4.69) is 11.3 Å². The van der Waals surface area contributed by atoms with Crippen LogP contribution < -0.4 is 10.5 Å². The molecule has 0 spiro atoms. The molecule has 0 fully saturated rings. The van der Waals surface area contributed by atoms with Gasteiger partial charge in [-0.3, -0.25) is 4.72 Å². The van der Waals surface area contributed by atoms with Crippen molar-refractivity contribution in [3.05, 3.63) is 61.2 Å². The van der Waals surface area contributed by atoms with Gasteiger partial charge in [-0.2, -0.15) is 0 Å². The van der Waals surface area contributed by atoms with Crippen LogP contribution >= 0.6 is 11.8 Å². The van der Waals surface area contributed by atoms with Crippen molar-refractivity contribution in [3.63, 3.8) is 0 Å². The van der Waals surface area contributed by atoms with Crippen molar-refractivity contribution in [2.24, 2.45) is 0 Å². The third-order valence-corrected chi connectivity index (χ3v) is 5.21. The Balaban J connectivity index is 2.33. The number of sulfonamides is 1. The summed E-state index contributed by atoms with van der Waals surface area (Å²) in [6, 6.07) is 13.6. The molecule has 0 amide bonds. The maximum Gasteiger partial charge on any atom is 0.263 e. The third-order valence-electron chi connectivity index (χ3n) is 2.70. The van der Waals surface area contributed by atoms with Gasteiger partial charge in [0.1, 0.15) is 4.90 Å². The van der Waals surface area contributed by atoms with Gasteiger partial charge in [-0.05, 0) is 24.3 Å². The fraction of sp³-hybridized carbons (Fsp3) is 0.0667. The van der Waals surface area contributed by atoms with E-state index in [0.29, 0.717) is 11.4 Å². The van der Waals surface area contributed by atoms with Crippen molar-refractivity contribution in [3.8, 4) is 0 Å². The summed E-state index contributed by atoms with van der Waals surface area (Å²) in [5, 5.41) is 0. The molecular weight excluding hydrogens is 304 g/mol. The van der Waals surface area contributed by atoms with E-state index >= 15 is 0 Å². The zero-order valence-electron chi connectivity index (χ0n) is 11.3. The molecule has 0 aromatic heterocycles. The largest absolute Gasteiger partial charge is 0.398 e. The van der Waals surface area contributed by atoms with Crippen molar-refractivity contribution >= 4 is 33.2 Å². The zero-order chi connectivity index (χ0) is 15.3. The molecule has 0 aliphatic carbocycles. The zero-order valence-corrected chi connectivity index (χ0v) is 13.0. The molecule has 0 radical (unpaired) electrons. The number of benzene rings is 2. The van der Waals surface area contributed by atoms with Gasteiger partial charge in [-0.1, -0.05) is 30.3 Å².